The van der Waals surface area contributed by atoms with Crippen molar-refractivity contribution in [2.75, 3.05) is 7.11 Å². The van der Waals surface area contributed by atoms with Crippen LogP contribution in [0.1, 0.15) is 32.4 Å². The van der Waals surface area contributed by atoms with Gasteiger partial charge in [-0.1, -0.05) is 6.07 Å². The van der Waals surface area contributed by atoms with E-state index in [2.05, 4.69) is 0 Å². The Morgan fingerprint density at radius 2 is 1.82 bits per heavy atom. The van der Waals surface area contributed by atoms with E-state index in [1.807, 2.05) is 32.0 Å². The van der Waals surface area contributed by atoms with E-state index in [0.29, 0.717) is 11.5 Å². The molecule has 0 aromatic heterocycles. The first-order valence-corrected chi connectivity index (χ1v) is 5.74. The van der Waals surface area contributed by atoms with Crippen LogP contribution < -0.4 is 15.2 Å². The van der Waals surface area contributed by atoms with Gasteiger partial charge in [-0.2, -0.15) is 0 Å². The largest absolute Gasteiger partial charge is 0.493 e. The monoisotopic (exact) mass is 239 g/mol. The molecule has 1 aromatic rings. The Kier molecular flexibility index (Phi) is 4.78. The third kappa shape index (κ3) is 3.61. The molecule has 4 nitrogen and oxygen atoms in total. The average Bonchev–Trinajstić information content (AvgIpc) is 2.28. The van der Waals surface area contributed by atoms with Crippen LogP contribution in [0.2, 0.25) is 0 Å². The zero-order valence-corrected chi connectivity index (χ0v) is 10.8. The van der Waals surface area contributed by atoms with E-state index in [1.54, 1.807) is 14.0 Å². The molecule has 0 radical (unpaired) electrons. The summed E-state index contributed by atoms with van der Waals surface area (Å²) in [6.07, 6.45) is -0.821. The van der Waals surface area contributed by atoms with Crippen LogP contribution in [0.15, 0.2) is 18.2 Å². The fourth-order valence-corrected chi connectivity index (χ4v) is 1.36. The van der Waals surface area contributed by atoms with Crippen LogP contribution in [0.25, 0.3) is 0 Å². The van der Waals surface area contributed by atoms with Gasteiger partial charge in [-0.05, 0) is 38.5 Å². The molecule has 2 unspecified atom stereocenters. The number of rotatable bonds is 5. The van der Waals surface area contributed by atoms with Gasteiger partial charge in [0, 0.05) is 6.04 Å². The van der Waals surface area contributed by atoms with Crippen molar-refractivity contribution < 1.29 is 14.6 Å². The standard InChI is InChI=1S/C13H21NO3/c1-8(14)11-5-6-12(13(7-11)16-4)17-10(3)9(2)15/h5-10,15H,14H2,1-4H3/t8-,9?,10?/m0/s1. The summed E-state index contributed by atoms with van der Waals surface area (Å²) in [5.41, 5.74) is 6.79. The lowest BCUT2D eigenvalue weighted by Gasteiger charge is -2.19. The van der Waals surface area contributed by atoms with Crippen LogP contribution in [0.5, 0.6) is 11.5 Å². The van der Waals surface area contributed by atoms with Crippen molar-refractivity contribution in [3.8, 4) is 11.5 Å². The van der Waals surface area contributed by atoms with Crippen molar-refractivity contribution in [2.45, 2.75) is 39.0 Å². The number of ether oxygens (including phenoxy) is 2. The molecule has 96 valence electrons. The van der Waals surface area contributed by atoms with Gasteiger partial charge < -0.3 is 20.3 Å². The van der Waals surface area contributed by atoms with Crippen molar-refractivity contribution in [3.63, 3.8) is 0 Å². The molecule has 3 atom stereocenters. The molecule has 0 heterocycles. The van der Waals surface area contributed by atoms with E-state index in [4.69, 9.17) is 15.2 Å². The Bertz CT molecular complexity index is 364. The maximum Gasteiger partial charge on any atom is 0.161 e. The minimum atomic E-state index is -0.534. The minimum Gasteiger partial charge on any atom is -0.493 e. The van der Waals surface area contributed by atoms with Crippen LogP contribution in [0.4, 0.5) is 0 Å². The van der Waals surface area contributed by atoms with Gasteiger partial charge in [0.25, 0.3) is 0 Å². The lowest BCUT2D eigenvalue weighted by atomic mass is 10.1. The van der Waals surface area contributed by atoms with E-state index in [0.717, 1.165) is 5.56 Å². The van der Waals surface area contributed by atoms with E-state index >= 15 is 0 Å². The molecule has 4 heteroatoms. The normalized spacial score (nSPS) is 16.1. The molecule has 0 spiro atoms. The predicted molar refractivity (Wildman–Crippen MR) is 67.4 cm³/mol. The fraction of sp³-hybridized carbons (Fsp3) is 0.538. The summed E-state index contributed by atoms with van der Waals surface area (Å²) in [6.45, 7) is 5.41. The number of nitrogens with two attached hydrogens (primary N) is 1. The summed E-state index contributed by atoms with van der Waals surface area (Å²) in [6, 6.07) is 5.52. The maximum absolute atomic E-state index is 9.40. The number of aliphatic hydroxyl groups excluding tert-OH is 1. The van der Waals surface area contributed by atoms with Crippen LogP contribution in [-0.2, 0) is 0 Å². The van der Waals surface area contributed by atoms with Crippen molar-refractivity contribution in [1.82, 2.24) is 0 Å². The van der Waals surface area contributed by atoms with Crippen LogP contribution in [0.3, 0.4) is 0 Å². The van der Waals surface area contributed by atoms with Crippen molar-refractivity contribution in [3.05, 3.63) is 23.8 Å². The van der Waals surface area contributed by atoms with Gasteiger partial charge in [-0.15, -0.1) is 0 Å². The van der Waals surface area contributed by atoms with E-state index in [-0.39, 0.29) is 12.1 Å². The summed E-state index contributed by atoms with van der Waals surface area (Å²) in [5.74, 6) is 1.25. The fourth-order valence-electron chi connectivity index (χ4n) is 1.36. The zero-order valence-electron chi connectivity index (χ0n) is 10.8. The molecule has 0 aliphatic rings. The smallest absolute Gasteiger partial charge is 0.161 e. The lowest BCUT2D eigenvalue weighted by Crippen LogP contribution is -2.25. The number of benzene rings is 1. The van der Waals surface area contributed by atoms with Crippen LogP contribution in [-0.4, -0.2) is 24.4 Å². The van der Waals surface area contributed by atoms with Gasteiger partial charge in [0.2, 0.25) is 0 Å². The summed E-state index contributed by atoms with van der Waals surface area (Å²) >= 11 is 0. The lowest BCUT2D eigenvalue weighted by molar-refractivity contribution is 0.0586. The van der Waals surface area contributed by atoms with Gasteiger partial charge in [-0.25, -0.2) is 0 Å². The van der Waals surface area contributed by atoms with Gasteiger partial charge in [0.1, 0.15) is 6.10 Å². The van der Waals surface area contributed by atoms with Gasteiger partial charge in [0.05, 0.1) is 13.2 Å². The summed E-state index contributed by atoms with van der Waals surface area (Å²) in [4.78, 5) is 0. The van der Waals surface area contributed by atoms with E-state index < -0.39 is 6.10 Å². The number of hydrogen-bond acceptors (Lipinski definition) is 4. The molecule has 0 bridgehead atoms. The number of hydrogen-bond donors (Lipinski definition) is 2. The molecule has 0 saturated heterocycles. The molecular weight excluding hydrogens is 218 g/mol. The Morgan fingerprint density at radius 1 is 1.18 bits per heavy atom. The van der Waals surface area contributed by atoms with E-state index in [1.165, 1.54) is 0 Å². The first-order valence-electron chi connectivity index (χ1n) is 5.74. The quantitative estimate of drug-likeness (QED) is 0.823. The molecule has 0 saturated carbocycles. The third-order valence-corrected chi connectivity index (χ3v) is 2.71. The van der Waals surface area contributed by atoms with Crippen molar-refractivity contribution in [2.24, 2.45) is 5.73 Å². The molecule has 1 aromatic carbocycles. The molecule has 3 N–H and O–H groups in total. The topological polar surface area (TPSA) is 64.7 Å². The SMILES string of the molecule is COc1cc([C@H](C)N)ccc1OC(C)C(C)O. The van der Waals surface area contributed by atoms with Gasteiger partial charge >= 0.3 is 0 Å². The summed E-state index contributed by atoms with van der Waals surface area (Å²) < 4.78 is 10.9. The predicted octanol–water partition coefficient (Wildman–Crippen LogP) is 1.86. The maximum atomic E-state index is 9.40. The molecule has 0 amide bonds. The van der Waals surface area contributed by atoms with Crippen molar-refractivity contribution >= 4 is 0 Å². The Balaban J connectivity index is 2.93. The second-order valence-electron chi connectivity index (χ2n) is 4.26. The highest BCUT2D eigenvalue weighted by Crippen LogP contribution is 2.30. The van der Waals surface area contributed by atoms with Crippen LogP contribution in [0, 0.1) is 0 Å². The number of methoxy groups -OCH3 is 1. The number of aliphatic hydroxyl groups is 1. The van der Waals surface area contributed by atoms with Crippen molar-refractivity contribution in [1.29, 1.82) is 0 Å². The highest BCUT2D eigenvalue weighted by atomic mass is 16.5. The highest BCUT2D eigenvalue weighted by molar-refractivity contribution is 5.43. The van der Waals surface area contributed by atoms with Gasteiger partial charge in [0.15, 0.2) is 11.5 Å². The van der Waals surface area contributed by atoms with Crippen LogP contribution >= 0.6 is 0 Å². The first kappa shape index (κ1) is 13.8. The van der Waals surface area contributed by atoms with E-state index in [9.17, 15) is 5.11 Å². The second kappa shape index (κ2) is 5.89. The molecule has 17 heavy (non-hydrogen) atoms. The molecule has 1 rings (SSSR count). The average molecular weight is 239 g/mol. The second-order valence-corrected chi connectivity index (χ2v) is 4.26. The first-order chi connectivity index (χ1) is 7.95. The van der Waals surface area contributed by atoms with Gasteiger partial charge in [-0.3, -0.25) is 0 Å². The summed E-state index contributed by atoms with van der Waals surface area (Å²) in [7, 11) is 1.58. The third-order valence-electron chi connectivity index (χ3n) is 2.71. The molecule has 0 aliphatic heterocycles. The Morgan fingerprint density at radius 3 is 2.29 bits per heavy atom. The zero-order chi connectivity index (χ0) is 13.0. The molecular formula is C13H21NO3. The Labute approximate surface area is 102 Å². The minimum absolute atomic E-state index is 0.0489. The Hall–Kier alpha value is -1.26. The molecule has 0 fully saturated rings. The summed E-state index contributed by atoms with van der Waals surface area (Å²) in [5, 5.41) is 9.40. The highest BCUT2D eigenvalue weighted by Gasteiger charge is 2.14. The molecule has 0 aliphatic carbocycles.